The van der Waals surface area contributed by atoms with Gasteiger partial charge in [-0.05, 0) is 68.3 Å². The topological polar surface area (TPSA) is 75.0 Å². The number of ether oxygens (including phenoxy) is 3. The molecule has 1 aromatic heterocycles. The number of allylic oxidation sites excluding steroid dienone is 1. The molecular weight excluding hydrogens is 474 g/mol. The molecule has 1 aromatic carbocycles. The molecule has 0 saturated carbocycles. The molecule has 8 heteroatoms. The van der Waals surface area contributed by atoms with E-state index in [0.717, 1.165) is 60.8 Å². The van der Waals surface area contributed by atoms with Crippen molar-refractivity contribution >= 4 is 34.0 Å². The van der Waals surface area contributed by atoms with Crippen LogP contribution in [0.25, 0.3) is 11.6 Å². The van der Waals surface area contributed by atoms with E-state index in [1.165, 1.54) is 6.42 Å². The number of thiophene rings is 1. The lowest BCUT2D eigenvalue weighted by Crippen LogP contribution is -2.43. The summed E-state index contributed by atoms with van der Waals surface area (Å²) in [7, 11) is 3.18. The molecule has 2 saturated heterocycles. The van der Waals surface area contributed by atoms with Gasteiger partial charge in [-0.2, -0.15) is 5.26 Å². The lowest BCUT2D eigenvalue weighted by atomic mass is 10.0. The number of likely N-dealkylation sites (tertiary alicyclic amines) is 1. The molecule has 3 heterocycles. The molecule has 1 atom stereocenters. The van der Waals surface area contributed by atoms with Crippen LogP contribution in [0, 0.1) is 11.3 Å². The molecule has 2 aliphatic rings. The number of nitrogens with zero attached hydrogens (tertiary/aromatic N) is 3. The van der Waals surface area contributed by atoms with E-state index in [1.807, 2.05) is 30.3 Å². The number of hydrogen-bond donors (Lipinski definition) is 0. The molecule has 36 heavy (non-hydrogen) atoms. The van der Waals surface area contributed by atoms with E-state index in [0.29, 0.717) is 29.7 Å². The first-order valence-electron chi connectivity index (χ1n) is 12.6. The minimum atomic E-state index is -0.0926. The number of esters is 1. The third kappa shape index (κ3) is 6.40. The van der Waals surface area contributed by atoms with Crippen molar-refractivity contribution in [1.29, 1.82) is 5.26 Å². The molecule has 4 rings (SSSR count). The van der Waals surface area contributed by atoms with Crippen LogP contribution in [0.5, 0.6) is 11.5 Å². The quantitative estimate of drug-likeness (QED) is 0.357. The third-order valence-corrected chi connectivity index (χ3v) is 8.13. The molecule has 0 radical (unpaired) electrons. The van der Waals surface area contributed by atoms with Gasteiger partial charge in [0.15, 0.2) is 11.5 Å². The van der Waals surface area contributed by atoms with Crippen LogP contribution < -0.4 is 14.4 Å². The summed E-state index contributed by atoms with van der Waals surface area (Å²) in [6.45, 7) is 5.29. The van der Waals surface area contributed by atoms with Gasteiger partial charge in [0.2, 0.25) is 0 Å². The van der Waals surface area contributed by atoms with Crippen LogP contribution >= 0.6 is 11.3 Å². The number of carbonyl (C=O) groups excluding carboxylic acids is 1. The number of carbonyl (C=O) groups is 1. The molecular formula is C28H35N3O4S. The molecule has 0 aliphatic carbocycles. The van der Waals surface area contributed by atoms with Crippen molar-refractivity contribution in [2.45, 2.75) is 51.2 Å². The van der Waals surface area contributed by atoms with Crippen LogP contribution in [0.3, 0.4) is 0 Å². The van der Waals surface area contributed by atoms with Crippen molar-refractivity contribution < 1.29 is 19.0 Å². The van der Waals surface area contributed by atoms with E-state index in [-0.39, 0.29) is 12.1 Å². The van der Waals surface area contributed by atoms with Crippen molar-refractivity contribution in [1.82, 2.24) is 4.90 Å². The van der Waals surface area contributed by atoms with Crippen LogP contribution in [0.1, 0.15) is 49.5 Å². The van der Waals surface area contributed by atoms with E-state index in [2.05, 4.69) is 28.9 Å². The summed E-state index contributed by atoms with van der Waals surface area (Å²) in [6.07, 6.45) is 7.14. The van der Waals surface area contributed by atoms with Crippen molar-refractivity contribution in [2.75, 3.05) is 45.3 Å². The Morgan fingerprint density at radius 1 is 1.08 bits per heavy atom. The Balaban J connectivity index is 1.32. The fourth-order valence-corrected chi connectivity index (χ4v) is 5.89. The van der Waals surface area contributed by atoms with Gasteiger partial charge < -0.3 is 19.1 Å². The van der Waals surface area contributed by atoms with Crippen LogP contribution in [-0.4, -0.2) is 63.4 Å². The van der Waals surface area contributed by atoms with E-state index in [4.69, 9.17) is 14.2 Å². The second-order valence-electron chi connectivity index (χ2n) is 9.41. The molecule has 2 aromatic rings. The van der Waals surface area contributed by atoms with E-state index in [1.54, 1.807) is 25.6 Å². The Labute approximate surface area is 217 Å². The number of methoxy groups -OCH3 is 2. The molecule has 0 bridgehead atoms. The molecule has 2 fully saturated rings. The van der Waals surface area contributed by atoms with Crippen molar-refractivity contribution in [3.63, 3.8) is 0 Å². The number of nitriles is 1. The van der Waals surface area contributed by atoms with Gasteiger partial charge in [0.25, 0.3) is 0 Å². The first kappa shape index (κ1) is 26.1. The molecule has 2 aliphatic heterocycles. The van der Waals surface area contributed by atoms with E-state index >= 15 is 0 Å². The van der Waals surface area contributed by atoms with Crippen LogP contribution in [0.2, 0.25) is 0 Å². The van der Waals surface area contributed by atoms with Gasteiger partial charge in [0.1, 0.15) is 6.10 Å². The fraction of sp³-hybridized carbons (Fsp3) is 0.500. The van der Waals surface area contributed by atoms with E-state index < -0.39 is 0 Å². The van der Waals surface area contributed by atoms with Gasteiger partial charge in [0.05, 0.1) is 37.4 Å². The number of hydrogen-bond acceptors (Lipinski definition) is 8. The summed E-state index contributed by atoms with van der Waals surface area (Å²) in [5.41, 5.74) is 1.35. The van der Waals surface area contributed by atoms with Crippen LogP contribution in [-0.2, 0) is 9.53 Å². The SMILES string of the molecule is COc1ccc(C(C#N)=Cc2ccc(N3CCC(OC(=O)CN4CCCCC4C)CC3)s2)cc1OC. The highest BCUT2D eigenvalue weighted by Crippen LogP contribution is 2.34. The molecule has 0 spiro atoms. The highest BCUT2D eigenvalue weighted by molar-refractivity contribution is 7.17. The maximum absolute atomic E-state index is 12.5. The zero-order valence-electron chi connectivity index (χ0n) is 21.4. The van der Waals surface area contributed by atoms with Crippen LogP contribution in [0.4, 0.5) is 5.00 Å². The number of benzene rings is 1. The lowest BCUT2D eigenvalue weighted by Gasteiger charge is -2.34. The number of piperidine rings is 2. The summed E-state index contributed by atoms with van der Waals surface area (Å²) in [5, 5.41) is 10.9. The standard InChI is InChI=1S/C28H35N3O4S/c1-20-6-4-5-13-31(20)19-28(32)35-23-11-14-30(15-12-23)27-10-8-24(36-27)16-22(18-29)21-7-9-25(33-2)26(17-21)34-3/h7-10,16-17,20,23H,4-6,11-15,19H2,1-3H3. The molecule has 0 N–H and O–H groups in total. The second kappa shape index (κ2) is 12.3. The fourth-order valence-electron chi connectivity index (χ4n) is 4.89. The van der Waals surface area contributed by atoms with Gasteiger partial charge >= 0.3 is 5.97 Å². The predicted molar refractivity (Wildman–Crippen MR) is 144 cm³/mol. The molecule has 192 valence electrons. The molecule has 7 nitrogen and oxygen atoms in total. The van der Waals surface area contributed by atoms with Crippen molar-refractivity contribution in [3.8, 4) is 17.6 Å². The largest absolute Gasteiger partial charge is 0.493 e. The number of anilines is 1. The average Bonchev–Trinajstić information content (AvgIpc) is 3.37. The van der Waals surface area contributed by atoms with Gasteiger partial charge in [-0.3, -0.25) is 9.69 Å². The Morgan fingerprint density at radius 3 is 2.56 bits per heavy atom. The normalized spacial score (nSPS) is 19.6. The second-order valence-corrected chi connectivity index (χ2v) is 10.5. The first-order chi connectivity index (χ1) is 17.5. The smallest absolute Gasteiger partial charge is 0.320 e. The molecule has 0 amide bonds. The monoisotopic (exact) mass is 509 g/mol. The minimum absolute atomic E-state index is 0.0107. The summed E-state index contributed by atoms with van der Waals surface area (Å²) >= 11 is 1.66. The highest BCUT2D eigenvalue weighted by Gasteiger charge is 2.26. The highest BCUT2D eigenvalue weighted by atomic mass is 32.1. The zero-order valence-corrected chi connectivity index (χ0v) is 22.2. The molecule has 1 unspecified atom stereocenters. The van der Waals surface area contributed by atoms with E-state index in [9.17, 15) is 10.1 Å². The number of rotatable bonds is 8. The van der Waals surface area contributed by atoms with Gasteiger partial charge in [-0.15, -0.1) is 11.3 Å². The average molecular weight is 510 g/mol. The predicted octanol–water partition coefficient (Wildman–Crippen LogP) is 5.22. The Bertz CT molecular complexity index is 1110. The van der Waals surface area contributed by atoms with Crippen LogP contribution in [0.15, 0.2) is 30.3 Å². The summed E-state index contributed by atoms with van der Waals surface area (Å²) in [6, 6.07) is 12.4. The lowest BCUT2D eigenvalue weighted by molar-refractivity contribution is -0.152. The summed E-state index contributed by atoms with van der Waals surface area (Å²) in [5.74, 6) is 1.13. The Hall–Kier alpha value is -3.02. The van der Waals surface area contributed by atoms with Gasteiger partial charge in [0, 0.05) is 36.9 Å². The van der Waals surface area contributed by atoms with Crippen molar-refractivity contribution in [2.24, 2.45) is 0 Å². The Kier molecular flexibility index (Phi) is 8.89. The Morgan fingerprint density at radius 2 is 1.86 bits per heavy atom. The zero-order chi connectivity index (χ0) is 25.5. The first-order valence-corrected chi connectivity index (χ1v) is 13.4. The third-order valence-electron chi connectivity index (χ3n) is 7.04. The van der Waals surface area contributed by atoms with Gasteiger partial charge in [-0.25, -0.2) is 0 Å². The van der Waals surface area contributed by atoms with Gasteiger partial charge in [-0.1, -0.05) is 6.42 Å². The minimum Gasteiger partial charge on any atom is -0.493 e. The summed E-state index contributed by atoms with van der Waals surface area (Å²) in [4.78, 5) is 18.1. The maximum atomic E-state index is 12.5. The summed E-state index contributed by atoms with van der Waals surface area (Å²) < 4.78 is 16.5. The maximum Gasteiger partial charge on any atom is 0.320 e. The van der Waals surface area contributed by atoms with Crippen molar-refractivity contribution in [3.05, 3.63) is 40.8 Å².